The minimum atomic E-state index is 0.403. The summed E-state index contributed by atoms with van der Waals surface area (Å²) < 4.78 is 7.92. The number of fused-ring (bicyclic) bond motifs is 1. The molecule has 0 aliphatic carbocycles. The highest BCUT2D eigenvalue weighted by molar-refractivity contribution is 5.71. The molecular formula is C14H19N3O. The molecule has 1 saturated heterocycles. The van der Waals surface area contributed by atoms with Gasteiger partial charge in [0.2, 0.25) is 0 Å². The van der Waals surface area contributed by atoms with Gasteiger partial charge in [-0.3, -0.25) is 0 Å². The Kier molecular flexibility index (Phi) is 3.28. The summed E-state index contributed by atoms with van der Waals surface area (Å²) in [7, 11) is 0. The molecule has 4 heteroatoms. The maximum atomic E-state index is 5.61. The van der Waals surface area contributed by atoms with Gasteiger partial charge in [0.25, 0.3) is 0 Å². The summed E-state index contributed by atoms with van der Waals surface area (Å²) in [5.74, 6) is 1.15. The lowest BCUT2D eigenvalue weighted by Crippen LogP contribution is -2.23. The fraction of sp³-hybridized carbons (Fsp3) is 0.571. The van der Waals surface area contributed by atoms with Gasteiger partial charge in [-0.1, -0.05) is 6.92 Å². The van der Waals surface area contributed by atoms with Crippen LogP contribution in [-0.4, -0.2) is 27.7 Å². The summed E-state index contributed by atoms with van der Waals surface area (Å²) in [6.07, 6.45) is 6.26. The zero-order valence-electron chi connectivity index (χ0n) is 10.8. The Morgan fingerprint density at radius 2 is 2.44 bits per heavy atom. The van der Waals surface area contributed by atoms with Crippen LogP contribution in [0.4, 0.5) is 0 Å². The number of hydrogen-bond donors (Lipinski definition) is 0. The molecule has 0 radical (unpaired) electrons. The van der Waals surface area contributed by atoms with Crippen LogP contribution in [-0.2, 0) is 11.2 Å². The van der Waals surface area contributed by atoms with Crippen molar-refractivity contribution in [3.05, 3.63) is 24.2 Å². The molecule has 1 unspecified atom stereocenters. The van der Waals surface area contributed by atoms with Gasteiger partial charge >= 0.3 is 0 Å². The molecule has 2 aromatic heterocycles. The fourth-order valence-corrected chi connectivity index (χ4v) is 2.69. The van der Waals surface area contributed by atoms with Crippen molar-refractivity contribution in [3.8, 4) is 0 Å². The van der Waals surface area contributed by atoms with Crippen LogP contribution in [0.2, 0.25) is 0 Å². The maximum Gasteiger partial charge on any atom is 0.160 e. The third-order valence-electron chi connectivity index (χ3n) is 3.50. The normalized spacial score (nSPS) is 20.4. The molecule has 1 aliphatic rings. The Morgan fingerprint density at radius 3 is 3.22 bits per heavy atom. The molecule has 1 fully saturated rings. The fourth-order valence-electron chi connectivity index (χ4n) is 2.69. The second-order valence-corrected chi connectivity index (χ2v) is 4.87. The quantitative estimate of drug-likeness (QED) is 0.834. The van der Waals surface area contributed by atoms with E-state index >= 15 is 0 Å². The molecule has 1 aliphatic heterocycles. The lowest BCUT2D eigenvalue weighted by atomic mass is 10.1. The number of rotatable bonds is 3. The number of aromatic nitrogens is 3. The first kappa shape index (κ1) is 11.7. The summed E-state index contributed by atoms with van der Waals surface area (Å²) in [4.78, 5) is 9.23. The molecule has 0 bridgehead atoms. The first-order valence-electron chi connectivity index (χ1n) is 6.79. The molecule has 3 rings (SSSR count). The SMILES string of the molecule is CCCc1nc2cccnc2n1C1CCCOC1. The highest BCUT2D eigenvalue weighted by atomic mass is 16.5. The van der Waals surface area contributed by atoms with Crippen molar-refractivity contribution >= 4 is 11.2 Å². The molecule has 0 aromatic carbocycles. The number of hydrogen-bond acceptors (Lipinski definition) is 3. The van der Waals surface area contributed by atoms with Gasteiger partial charge in [0.05, 0.1) is 12.6 Å². The first-order valence-corrected chi connectivity index (χ1v) is 6.79. The second-order valence-electron chi connectivity index (χ2n) is 4.87. The molecule has 2 aromatic rings. The van der Waals surface area contributed by atoms with E-state index in [9.17, 15) is 0 Å². The monoisotopic (exact) mass is 245 g/mol. The summed E-state index contributed by atoms with van der Waals surface area (Å²) >= 11 is 0. The highest BCUT2D eigenvalue weighted by Gasteiger charge is 2.21. The van der Waals surface area contributed by atoms with Crippen molar-refractivity contribution < 1.29 is 4.74 Å². The smallest absolute Gasteiger partial charge is 0.160 e. The van der Waals surface area contributed by atoms with E-state index in [-0.39, 0.29) is 0 Å². The number of imidazole rings is 1. The summed E-state index contributed by atoms with van der Waals surface area (Å²) in [5, 5.41) is 0. The van der Waals surface area contributed by atoms with Crippen molar-refractivity contribution in [3.63, 3.8) is 0 Å². The second kappa shape index (κ2) is 5.06. The van der Waals surface area contributed by atoms with Gasteiger partial charge in [-0.25, -0.2) is 9.97 Å². The van der Waals surface area contributed by atoms with Gasteiger partial charge < -0.3 is 9.30 Å². The van der Waals surface area contributed by atoms with Gasteiger partial charge in [0, 0.05) is 19.2 Å². The first-order chi connectivity index (χ1) is 8.90. The zero-order chi connectivity index (χ0) is 12.4. The van der Waals surface area contributed by atoms with E-state index in [1.54, 1.807) is 0 Å². The van der Waals surface area contributed by atoms with Crippen LogP contribution >= 0.6 is 0 Å². The van der Waals surface area contributed by atoms with Crippen molar-refractivity contribution in [1.82, 2.24) is 14.5 Å². The topological polar surface area (TPSA) is 39.9 Å². The van der Waals surface area contributed by atoms with E-state index < -0.39 is 0 Å². The number of aryl methyl sites for hydroxylation is 1. The molecule has 96 valence electrons. The lowest BCUT2D eigenvalue weighted by molar-refractivity contribution is 0.0593. The van der Waals surface area contributed by atoms with Crippen LogP contribution in [0.1, 0.15) is 38.1 Å². The van der Waals surface area contributed by atoms with E-state index in [0.717, 1.165) is 49.5 Å². The van der Waals surface area contributed by atoms with Crippen molar-refractivity contribution in [2.75, 3.05) is 13.2 Å². The predicted octanol–water partition coefficient (Wildman–Crippen LogP) is 2.74. The molecule has 3 heterocycles. The van der Waals surface area contributed by atoms with Gasteiger partial charge in [-0.15, -0.1) is 0 Å². The molecule has 0 amide bonds. The lowest BCUT2D eigenvalue weighted by Gasteiger charge is -2.25. The average molecular weight is 245 g/mol. The molecular weight excluding hydrogens is 226 g/mol. The van der Waals surface area contributed by atoms with Crippen LogP contribution in [0.3, 0.4) is 0 Å². The minimum Gasteiger partial charge on any atom is -0.379 e. The minimum absolute atomic E-state index is 0.403. The Hall–Kier alpha value is -1.42. The third kappa shape index (κ3) is 2.01. The Morgan fingerprint density at radius 1 is 1.50 bits per heavy atom. The standard InChI is InChI=1S/C14H19N3O/c1-2-5-13-16-12-7-3-8-15-14(12)17(13)11-6-4-9-18-10-11/h3,7-8,11H,2,4-6,9-10H2,1H3. The predicted molar refractivity (Wildman–Crippen MR) is 70.6 cm³/mol. The number of pyridine rings is 1. The van der Waals surface area contributed by atoms with Crippen molar-refractivity contribution in [2.24, 2.45) is 0 Å². The molecule has 0 spiro atoms. The molecule has 4 nitrogen and oxygen atoms in total. The van der Waals surface area contributed by atoms with Crippen molar-refractivity contribution in [2.45, 2.75) is 38.6 Å². The van der Waals surface area contributed by atoms with Gasteiger partial charge in [-0.05, 0) is 31.4 Å². The Balaban J connectivity index is 2.07. The van der Waals surface area contributed by atoms with Crippen LogP contribution in [0, 0.1) is 0 Å². The largest absolute Gasteiger partial charge is 0.379 e. The summed E-state index contributed by atoms with van der Waals surface area (Å²) in [6.45, 7) is 3.87. The van der Waals surface area contributed by atoms with Gasteiger partial charge in [0.1, 0.15) is 11.3 Å². The van der Waals surface area contributed by atoms with E-state index in [1.165, 1.54) is 6.42 Å². The van der Waals surface area contributed by atoms with Crippen LogP contribution in [0.5, 0.6) is 0 Å². The average Bonchev–Trinajstić information content (AvgIpc) is 2.78. The van der Waals surface area contributed by atoms with Gasteiger partial charge in [-0.2, -0.15) is 0 Å². The summed E-state index contributed by atoms with van der Waals surface area (Å²) in [6, 6.07) is 4.40. The maximum absolute atomic E-state index is 5.61. The van der Waals surface area contributed by atoms with E-state index in [0.29, 0.717) is 6.04 Å². The number of ether oxygens (including phenoxy) is 1. The molecule has 0 N–H and O–H groups in total. The van der Waals surface area contributed by atoms with Crippen LogP contribution < -0.4 is 0 Å². The summed E-state index contributed by atoms with van der Waals surface area (Å²) in [5.41, 5.74) is 2.02. The van der Waals surface area contributed by atoms with E-state index in [1.807, 2.05) is 18.3 Å². The Labute approximate surface area is 107 Å². The molecule has 18 heavy (non-hydrogen) atoms. The van der Waals surface area contributed by atoms with Gasteiger partial charge in [0.15, 0.2) is 5.65 Å². The van der Waals surface area contributed by atoms with Crippen molar-refractivity contribution in [1.29, 1.82) is 0 Å². The number of nitrogens with zero attached hydrogens (tertiary/aromatic N) is 3. The molecule has 0 saturated carbocycles. The molecule has 1 atom stereocenters. The van der Waals surface area contributed by atoms with E-state index in [4.69, 9.17) is 9.72 Å². The zero-order valence-corrected chi connectivity index (χ0v) is 10.8. The van der Waals surface area contributed by atoms with Crippen LogP contribution in [0.25, 0.3) is 11.2 Å². The third-order valence-corrected chi connectivity index (χ3v) is 3.50. The van der Waals surface area contributed by atoms with E-state index in [2.05, 4.69) is 16.5 Å². The Bertz CT molecular complexity index is 529. The van der Waals surface area contributed by atoms with Crippen LogP contribution in [0.15, 0.2) is 18.3 Å². The highest BCUT2D eigenvalue weighted by Crippen LogP contribution is 2.26.